The molecule has 1 fully saturated rings. The van der Waals surface area contributed by atoms with Crippen LogP contribution in [0.3, 0.4) is 0 Å². The van der Waals surface area contributed by atoms with Crippen LogP contribution in [0.5, 0.6) is 0 Å². The maximum Gasteiger partial charge on any atom is 0.308 e. The average molecular weight is 294 g/mol. The summed E-state index contributed by atoms with van der Waals surface area (Å²) in [5.41, 5.74) is -0.0389. The summed E-state index contributed by atoms with van der Waals surface area (Å²) in [6.07, 6.45) is 5.13. The molecule has 6 heteroatoms. The molecule has 6 nitrogen and oxygen atoms in total. The fourth-order valence-electron chi connectivity index (χ4n) is 3.32. The van der Waals surface area contributed by atoms with Gasteiger partial charge in [0.25, 0.3) is 0 Å². The Morgan fingerprint density at radius 1 is 1.38 bits per heavy atom. The van der Waals surface area contributed by atoms with Crippen molar-refractivity contribution in [3.05, 3.63) is 5.82 Å². The van der Waals surface area contributed by atoms with E-state index in [9.17, 15) is 9.90 Å². The molecule has 1 aromatic rings. The highest BCUT2D eigenvalue weighted by Crippen LogP contribution is 2.39. The second-order valence-electron chi connectivity index (χ2n) is 7.75. The zero-order chi connectivity index (χ0) is 15.7. The lowest BCUT2D eigenvalue weighted by Crippen LogP contribution is -2.30. The molecule has 1 unspecified atom stereocenters. The first-order valence-electron chi connectivity index (χ1n) is 7.71. The lowest BCUT2D eigenvalue weighted by molar-refractivity contribution is -0.143. The average Bonchev–Trinajstić information content (AvgIpc) is 2.96. The minimum absolute atomic E-state index is 0.00567. The van der Waals surface area contributed by atoms with E-state index < -0.39 is 11.9 Å². The molecule has 0 aliphatic heterocycles. The molecular weight excluding hydrogens is 268 g/mol. The zero-order valence-electron chi connectivity index (χ0n) is 13.5. The van der Waals surface area contributed by atoms with E-state index in [1.807, 2.05) is 0 Å². The molecule has 1 N–H and O–H groups in total. The predicted molar refractivity (Wildman–Crippen MR) is 78.8 cm³/mol. The van der Waals surface area contributed by atoms with Gasteiger partial charge in [-0.1, -0.05) is 40.5 Å². The van der Waals surface area contributed by atoms with Crippen molar-refractivity contribution in [2.45, 2.75) is 71.8 Å². The van der Waals surface area contributed by atoms with E-state index in [1.165, 1.54) is 12.8 Å². The highest BCUT2D eigenvalue weighted by atomic mass is 16.4. The number of hydrogen-bond acceptors (Lipinski definition) is 4. The molecule has 2 rings (SSSR count). The number of carbonyl (C=O) groups is 1. The topological polar surface area (TPSA) is 80.9 Å². The van der Waals surface area contributed by atoms with E-state index in [4.69, 9.17) is 0 Å². The normalized spacial score (nSPS) is 19.6. The van der Waals surface area contributed by atoms with Crippen molar-refractivity contribution < 1.29 is 9.90 Å². The van der Waals surface area contributed by atoms with Gasteiger partial charge in [-0.25, -0.2) is 4.68 Å². The van der Waals surface area contributed by atoms with Gasteiger partial charge in [0.1, 0.15) is 0 Å². The molecule has 1 saturated carbocycles. The summed E-state index contributed by atoms with van der Waals surface area (Å²) in [5.74, 6) is -0.389. The molecule has 1 aliphatic rings. The van der Waals surface area contributed by atoms with Crippen LogP contribution in [-0.2, 0) is 16.8 Å². The van der Waals surface area contributed by atoms with Crippen molar-refractivity contribution in [3.63, 3.8) is 0 Å². The van der Waals surface area contributed by atoms with Crippen LogP contribution in [0, 0.1) is 11.3 Å². The smallest absolute Gasteiger partial charge is 0.308 e. The van der Waals surface area contributed by atoms with Crippen LogP contribution >= 0.6 is 0 Å². The molecule has 0 radical (unpaired) electrons. The van der Waals surface area contributed by atoms with Gasteiger partial charge in [0.15, 0.2) is 5.82 Å². The van der Waals surface area contributed by atoms with Crippen molar-refractivity contribution in [2.24, 2.45) is 11.3 Å². The molecule has 0 amide bonds. The van der Waals surface area contributed by atoms with Crippen LogP contribution in [0.1, 0.15) is 65.6 Å². The molecule has 1 heterocycles. The number of rotatable bonds is 5. The van der Waals surface area contributed by atoms with Gasteiger partial charge in [-0.3, -0.25) is 4.79 Å². The Hall–Kier alpha value is -1.46. The molecular formula is C15H26N4O2. The molecule has 0 spiro atoms. The van der Waals surface area contributed by atoms with Crippen LogP contribution in [0.4, 0.5) is 0 Å². The SMILES string of the molecule is CC(C)(C)CC(Cn1nnnc1C1(C)CCCC1)C(=O)O. The predicted octanol–water partition coefficient (Wildman–Crippen LogP) is 2.64. The summed E-state index contributed by atoms with van der Waals surface area (Å²) >= 11 is 0. The highest BCUT2D eigenvalue weighted by molar-refractivity contribution is 5.69. The van der Waals surface area contributed by atoms with Crippen molar-refractivity contribution in [1.29, 1.82) is 0 Å². The third-order valence-corrected chi connectivity index (χ3v) is 4.38. The summed E-state index contributed by atoms with van der Waals surface area (Å²) in [4.78, 5) is 11.5. The molecule has 0 bridgehead atoms. The van der Waals surface area contributed by atoms with E-state index >= 15 is 0 Å². The van der Waals surface area contributed by atoms with Gasteiger partial charge in [0, 0.05) is 5.41 Å². The first-order chi connectivity index (χ1) is 9.71. The number of carboxylic acid groups (broad SMARTS) is 1. The number of aromatic nitrogens is 4. The number of carboxylic acids is 1. The number of nitrogens with zero attached hydrogens (tertiary/aromatic N) is 4. The Kier molecular flexibility index (Phi) is 4.35. The number of aliphatic carboxylic acids is 1. The Labute approximate surface area is 125 Å². The fraction of sp³-hybridized carbons (Fsp3) is 0.867. The first kappa shape index (κ1) is 15.9. The molecule has 21 heavy (non-hydrogen) atoms. The third kappa shape index (κ3) is 3.80. The third-order valence-electron chi connectivity index (χ3n) is 4.38. The highest BCUT2D eigenvalue weighted by Gasteiger charge is 2.37. The Morgan fingerprint density at radius 2 is 2.00 bits per heavy atom. The summed E-state index contributed by atoms with van der Waals surface area (Å²) in [7, 11) is 0. The second kappa shape index (κ2) is 5.73. The minimum atomic E-state index is -0.775. The number of hydrogen-bond donors (Lipinski definition) is 1. The first-order valence-corrected chi connectivity index (χ1v) is 7.71. The Bertz CT molecular complexity index is 498. The van der Waals surface area contributed by atoms with E-state index in [2.05, 4.69) is 43.2 Å². The maximum absolute atomic E-state index is 11.5. The Balaban J connectivity index is 2.18. The number of tetrazole rings is 1. The van der Waals surface area contributed by atoms with Crippen LogP contribution in [0.15, 0.2) is 0 Å². The van der Waals surface area contributed by atoms with Crippen molar-refractivity contribution in [1.82, 2.24) is 20.2 Å². The van der Waals surface area contributed by atoms with Gasteiger partial charge in [-0.15, -0.1) is 5.10 Å². The Morgan fingerprint density at radius 3 is 2.52 bits per heavy atom. The monoisotopic (exact) mass is 294 g/mol. The summed E-state index contributed by atoms with van der Waals surface area (Å²) in [6, 6.07) is 0. The van der Waals surface area contributed by atoms with Crippen LogP contribution in [0.2, 0.25) is 0 Å². The fourth-order valence-corrected chi connectivity index (χ4v) is 3.32. The summed E-state index contributed by atoms with van der Waals surface area (Å²) in [6.45, 7) is 8.71. The molecule has 0 saturated heterocycles. The maximum atomic E-state index is 11.5. The molecule has 0 aromatic carbocycles. The second-order valence-corrected chi connectivity index (χ2v) is 7.75. The van der Waals surface area contributed by atoms with Gasteiger partial charge in [-0.2, -0.15) is 0 Å². The van der Waals surface area contributed by atoms with Gasteiger partial charge in [0.05, 0.1) is 12.5 Å². The molecule has 1 aromatic heterocycles. The van der Waals surface area contributed by atoms with Crippen molar-refractivity contribution >= 4 is 5.97 Å². The lowest BCUT2D eigenvalue weighted by atomic mass is 9.84. The van der Waals surface area contributed by atoms with Crippen molar-refractivity contribution in [2.75, 3.05) is 0 Å². The zero-order valence-corrected chi connectivity index (χ0v) is 13.5. The van der Waals surface area contributed by atoms with E-state index in [1.54, 1.807) is 4.68 Å². The molecule has 118 valence electrons. The van der Waals surface area contributed by atoms with Crippen molar-refractivity contribution in [3.8, 4) is 0 Å². The van der Waals surface area contributed by atoms with Crippen LogP contribution in [0.25, 0.3) is 0 Å². The van der Waals surface area contributed by atoms with Crippen LogP contribution < -0.4 is 0 Å². The standard InChI is InChI=1S/C15H26N4O2/c1-14(2,3)9-11(12(20)21)10-19-13(16-17-18-19)15(4)7-5-6-8-15/h11H,5-10H2,1-4H3,(H,20,21). The van der Waals surface area contributed by atoms with Gasteiger partial charge < -0.3 is 5.11 Å². The van der Waals surface area contributed by atoms with E-state index in [-0.39, 0.29) is 10.8 Å². The minimum Gasteiger partial charge on any atom is -0.481 e. The summed E-state index contributed by atoms with van der Waals surface area (Å²) in [5, 5.41) is 21.5. The van der Waals surface area contributed by atoms with Gasteiger partial charge in [0.2, 0.25) is 0 Å². The lowest BCUT2D eigenvalue weighted by Gasteiger charge is -2.26. The van der Waals surface area contributed by atoms with Gasteiger partial charge >= 0.3 is 5.97 Å². The summed E-state index contributed by atoms with van der Waals surface area (Å²) < 4.78 is 1.72. The quantitative estimate of drug-likeness (QED) is 0.903. The van der Waals surface area contributed by atoms with Crippen LogP contribution in [-0.4, -0.2) is 31.3 Å². The largest absolute Gasteiger partial charge is 0.481 e. The van der Waals surface area contributed by atoms with E-state index in [0.717, 1.165) is 18.7 Å². The van der Waals surface area contributed by atoms with E-state index in [0.29, 0.717) is 13.0 Å². The molecule has 1 aliphatic carbocycles. The van der Waals surface area contributed by atoms with Gasteiger partial charge in [-0.05, 0) is 35.1 Å². The molecule has 1 atom stereocenters.